The number of hydrogen-bond donors (Lipinski definition) is 2. The number of benzene rings is 3. The number of ether oxygens (including phenoxy) is 2. The number of hydrogen-bond acceptors (Lipinski definition) is 5. The van der Waals surface area contributed by atoms with Crippen molar-refractivity contribution < 1.29 is 14.3 Å². The second-order valence-electron chi connectivity index (χ2n) is 7.65. The van der Waals surface area contributed by atoms with E-state index in [0.29, 0.717) is 23.7 Å². The number of nitrogens with zero attached hydrogens (tertiary/aromatic N) is 2. The van der Waals surface area contributed by atoms with Gasteiger partial charge in [-0.15, -0.1) is 0 Å². The molecule has 0 fully saturated rings. The van der Waals surface area contributed by atoms with E-state index in [1.54, 1.807) is 16.8 Å². The molecule has 7 nitrogen and oxygen atoms in total. The highest BCUT2D eigenvalue weighted by molar-refractivity contribution is 5.94. The molecule has 2 heterocycles. The van der Waals surface area contributed by atoms with Crippen molar-refractivity contribution >= 4 is 11.7 Å². The maximum atomic E-state index is 12.6. The Bertz CT molecular complexity index is 1300. The third-order valence-corrected chi connectivity index (χ3v) is 5.31. The van der Waals surface area contributed by atoms with Gasteiger partial charge < -0.3 is 20.5 Å². The Morgan fingerprint density at radius 1 is 1.03 bits per heavy atom. The molecule has 3 aromatic carbocycles. The summed E-state index contributed by atoms with van der Waals surface area (Å²) in [5.41, 5.74) is 11.4. The first-order valence-corrected chi connectivity index (χ1v) is 10.3. The van der Waals surface area contributed by atoms with Crippen LogP contribution in [0.4, 0.5) is 5.82 Å². The van der Waals surface area contributed by atoms with E-state index in [-0.39, 0.29) is 12.7 Å². The predicted molar refractivity (Wildman–Crippen MR) is 122 cm³/mol. The summed E-state index contributed by atoms with van der Waals surface area (Å²) >= 11 is 0. The number of nitrogen functional groups attached to an aromatic ring is 1. The van der Waals surface area contributed by atoms with Crippen LogP contribution in [0.15, 0.2) is 72.8 Å². The SMILES string of the molecule is Cc1cccc(-c2cc(N)n(-c3ccc(C(=O)NCc4ccc5c(c4)OCO5)cc3)n2)c1. The molecular weight excluding hydrogens is 404 g/mol. The summed E-state index contributed by atoms with van der Waals surface area (Å²) in [7, 11) is 0. The average Bonchev–Trinajstić information content (AvgIpc) is 3.43. The molecule has 0 bridgehead atoms. The van der Waals surface area contributed by atoms with Gasteiger partial charge in [0.25, 0.3) is 5.91 Å². The minimum Gasteiger partial charge on any atom is -0.454 e. The minimum absolute atomic E-state index is 0.164. The molecule has 5 rings (SSSR count). The smallest absolute Gasteiger partial charge is 0.251 e. The van der Waals surface area contributed by atoms with Crippen LogP contribution >= 0.6 is 0 Å². The maximum absolute atomic E-state index is 12.6. The number of amides is 1. The molecule has 1 aliphatic heterocycles. The Balaban J connectivity index is 1.28. The Hall–Kier alpha value is -4.26. The first-order valence-electron chi connectivity index (χ1n) is 10.3. The minimum atomic E-state index is -0.164. The van der Waals surface area contributed by atoms with Crippen molar-refractivity contribution in [2.24, 2.45) is 0 Å². The zero-order valence-electron chi connectivity index (χ0n) is 17.5. The summed E-state index contributed by atoms with van der Waals surface area (Å²) in [6.07, 6.45) is 0. The Kier molecular flexibility index (Phi) is 4.99. The van der Waals surface area contributed by atoms with Crippen molar-refractivity contribution in [1.82, 2.24) is 15.1 Å². The predicted octanol–water partition coefficient (Wildman–Crippen LogP) is 4.09. The van der Waals surface area contributed by atoms with Gasteiger partial charge >= 0.3 is 0 Å². The average molecular weight is 426 g/mol. The van der Waals surface area contributed by atoms with Crippen LogP contribution in [0.25, 0.3) is 16.9 Å². The lowest BCUT2D eigenvalue weighted by Gasteiger charge is -2.08. The van der Waals surface area contributed by atoms with Crippen molar-refractivity contribution in [3.05, 3.63) is 89.5 Å². The molecule has 1 aliphatic rings. The molecule has 0 unspecified atom stereocenters. The van der Waals surface area contributed by atoms with E-state index in [0.717, 1.165) is 33.8 Å². The zero-order chi connectivity index (χ0) is 22.1. The van der Waals surface area contributed by atoms with Crippen LogP contribution < -0.4 is 20.5 Å². The molecule has 0 aliphatic carbocycles. The fourth-order valence-electron chi connectivity index (χ4n) is 3.64. The van der Waals surface area contributed by atoms with Gasteiger partial charge in [-0.05, 0) is 55.0 Å². The van der Waals surface area contributed by atoms with Crippen LogP contribution in [0.3, 0.4) is 0 Å². The van der Waals surface area contributed by atoms with Gasteiger partial charge in [0, 0.05) is 23.7 Å². The van der Waals surface area contributed by atoms with Crippen molar-refractivity contribution in [3.63, 3.8) is 0 Å². The Morgan fingerprint density at radius 2 is 1.84 bits per heavy atom. The number of rotatable bonds is 5. The van der Waals surface area contributed by atoms with E-state index in [1.807, 2.05) is 61.5 Å². The summed E-state index contributed by atoms with van der Waals surface area (Å²) in [6, 6.07) is 22.8. The third-order valence-electron chi connectivity index (χ3n) is 5.31. The van der Waals surface area contributed by atoms with E-state index < -0.39 is 0 Å². The lowest BCUT2D eigenvalue weighted by molar-refractivity contribution is 0.0951. The summed E-state index contributed by atoms with van der Waals surface area (Å²) in [6.45, 7) is 2.66. The lowest BCUT2D eigenvalue weighted by Crippen LogP contribution is -2.22. The molecule has 4 aromatic rings. The fourth-order valence-corrected chi connectivity index (χ4v) is 3.64. The highest BCUT2D eigenvalue weighted by Crippen LogP contribution is 2.32. The summed E-state index contributed by atoms with van der Waals surface area (Å²) in [5, 5.41) is 7.56. The molecule has 160 valence electrons. The molecule has 0 spiro atoms. The molecule has 1 amide bonds. The topological polar surface area (TPSA) is 91.4 Å². The van der Waals surface area contributed by atoms with Crippen molar-refractivity contribution in [2.45, 2.75) is 13.5 Å². The van der Waals surface area contributed by atoms with Crippen molar-refractivity contribution in [3.8, 4) is 28.4 Å². The number of anilines is 1. The van der Waals surface area contributed by atoms with Gasteiger partial charge in [-0.1, -0.05) is 29.8 Å². The molecule has 0 radical (unpaired) electrons. The van der Waals surface area contributed by atoms with Gasteiger partial charge in [-0.3, -0.25) is 4.79 Å². The highest BCUT2D eigenvalue weighted by Gasteiger charge is 2.14. The second-order valence-corrected chi connectivity index (χ2v) is 7.65. The zero-order valence-corrected chi connectivity index (χ0v) is 17.5. The third kappa shape index (κ3) is 3.88. The van der Waals surface area contributed by atoms with E-state index in [9.17, 15) is 4.79 Å². The van der Waals surface area contributed by atoms with Crippen LogP contribution in [0, 0.1) is 6.92 Å². The first kappa shape index (κ1) is 19.7. The maximum Gasteiger partial charge on any atom is 0.251 e. The number of nitrogens with one attached hydrogen (secondary N) is 1. The second kappa shape index (κ2) is 8.11. The first-order chi connectivity index (χ1) is 15.6. The van der Waals surface area contributed by atoms with Crippen LogP contribution in [0.5, 0.6) is 11.5 Å². The fraction of sp³-hybridized carbons (Fsp3) is 0.120. The molecule has 0 saturated heterocycles. The Labute approximate surface area is 185 Å². The largest absolute Gasteiger partial charge is 0.454 e. The van der Waals surface area contributed by atoms with E-state index in [4.69, 9.17) is 15.2 Å². The van der Waals surface area contributed by atoms with Crippen LogP contribution in [0.1, 0.15) is 21.5 Å². The number of nitrogens with two attached hydrogens (primary N) is 1. The van der Waals surface area contributed by atoms with Crippen molar-refractivity contribution in [1.29, 1.82) is 0 Å². The number of carbonyl (C=O) groups excluding carboxylic acids is 1. The van der Waals surface area contributed by atoms with E-state index in [2.05, 4.69) is 16.5 Å². The lowest BCUT2D eigenvalue weighted by atomic mass is 10.1. The van der Waals surface area contributed by atoms with Gasteiger partial charge in [0.1, 0.15) is 5.82 Å². The summed E-state index contributed by atoms with van der Waals surface area (Å²) in [4.78, 5) is 12.6. The van der Waals surface area contributed by atoms with E-state index >= 15 is 0 Å². The molecule has 32 heavy (non-hydrogen) atoms. The molecule has 0 atom stereocenters. The number of fused-ring (bicyclic) bond motifs is 1. The number of aryl methyl sites for hydroxylation is 1. The number of carbonyl (C=O) groups is 1. The number of aromatic nitrogens is 2. The molecular formula is C25H22N4O3. The van der Waals surface area contributed by atoms with Crippen LogP contribution in [0.2, 0.25) is 0 Å². The van der Waals surface area contributed by atoms with Crippen LogP contribution in [-0.4, -0.2) is 22.5 Å². The standard InChI is InChI=1S/C25H22N4O3/c1-16-3-2-4-19(11-16)21-13-24(26)29(28-21)20-8-6-18(7-9-20)25(30)27-14-17-5-10-22-23(12-17)32-15-31-22/h2-13H,14-15,26H2,1H3,(H,27,30). The van der Waals surface area contributed by atoms with E-state index in [1.165, 1.54) is 0 Å². The summed E-state index contributed by atoms with van der Waals surface area (Å²) < 4.78 is 12.4. The van der Waals surface area contributed by atoms with Gasteiger partial charge in [0.05, 0.1) is 11.4 Å². The molecule has 7 heteroatoms. The van der Waals surface area contributed by atoms with Gasteiger partial charge in [-0.2, -0.15) is 5.10 Å². The highest BCUT2D eigenvalue weighted by atomic mass is 16.7. The van der Waals surface area contributed by atoms with Gasteiger partial charge in [-0.25, -0.2) is 4.68 Å². The van der Waals surface area contributed by atoms with Crippen LogP contribution in [-0.2, 0) is 6.54 Å². The Morgan fingerprint density at radius 3 is 2.66 bits per heavy atom. The van der Waals surface area contributed by atoms with Gasteiger partial charge in [0.2, 0.25) is 6.79 Å². The monoisotopic (exact) mass is 426 g/mol. The van der Waals surface area contributed by atoms with Crippen molar-refractivity contribution in [2.75, 3.05) is 12.5 Å². The van der Waals surface area contributed by atoms with Gasteiger partial charge in [0.15, 0.2) is 11.5 Å². The quantitative estimate of drug-likeness (QED) is 0.502. The summed E-state index contributed by atoms with van der Waals surface area (Å²) in [5.74, 6) is 1.78. The molecule has 1 aromatic heterocycles. The molecule has 0 saturated carbocycles. The molecule has 3 N–H and O–H groups in total. The normalized spacial score (nSPS) is 12.0.